The van der Waals surface area contributed by atoms with E-state index in [1.165, 1.54) is 12.8 Å². The van der Waals surface area contributed by atoms with Crippen molar-refractivity contribution in [3.63, 3.8) is 0 Å². The van der Waals surface area contributed by atoms with Crippen LogP contribution in [0.1, 0.15) is 61.9 Å². The van der Waals surface area contributed by atoms with Gasteiger partial charge in [-0.2, -0.15) is 0 Å². The molecule has 36 heavy (non-hydrogen) atoms. The highest BCUT2D eigenvalue weighted by molar-refractivity contribution is 5.96. The van der Waals surface area contributed by atoms with Gasteiger partial charge in [-0.05, 0) is 94.6 Å². The van der Waals surface area contributed by atoms with Gasteiger partial charge in [-0.1, -0.05) is 6.07 Å². The van der Waals surface area contributed by atoms with Gasteiger partial charge in [0.25, 0.3) is 0 Å². The molecule has 0 bridgehead atoms. The number of hydrogen-bond donors (Lipinski definition) is 1. The first-order valence-electron chi connectivity index (χ1n) is 13.2. The van der Waals surface area contributed by atoms with Crippen molar-refractivity contribution in [2.45, 2.75) is 64.5 Å². The number of ketones is 1. The summed E-state index contributed by atoms with van der Waals surface area (Å²) in [7, 11) is 0. The number of rotatable bonds is 12. The topological polar surface area (TPSA) is 77.1 Å². The molecule has 1 atom stereocenters. The third-order valence-corrected chi connectivity index (χ3v) is 6.49. The van der Waals surface area contributed by atoms with Crippen LogP contribution >= 0.6 is 0 Å². The Bertz CT molecular complexity index is 1010. The molecule has 1 N–H and O–H groups in total. The molecule has 0 aliphatic carbocycles. The van der Waals surface area contributed by atoms with Gasteiger partial charge in [-0.15, -0.1) is 0 Å². The molecule has 0 radical (unpaired) electrons. The van der Waals surface area contributed by atoms with Crippen molar-refractivity contribution >= 4 is 11.7 Å². The summed E-state index contributed by atoms with van der Waals surface area (Å²) in [6.07, 6.45) is 4.43. The highest BCUT2D eigenvalue weighted by atomic mass is 16.6. The predicted octanol–water partition coefficient (Wildman–Crippen LogP) is 4.42. The van der Waals surface area contributed by atoms with E-state index in [1.807, 2.05) is 44.2 Å². The van der Waals surface area contributed by atoms with E-state index in [2.05, 4.69) is 10.2 Å². The normalized spacial score (nSPS) is 16.1. The second kappa shape index (κ2) is 12.8. The molecule has 4 rings (SSSR count). The van der Waals surface area contributed by atoms with Gasteiger partial charge in [0.1, 0.15) is 19.0 Å². The third kappa shape index (κ3) is 7.72. The van der Waals surface area contributed by atoms with Crippen molar-refractivity contribution in [1.29, 1.82) is 0 Å². The number of nitrogens with zero attached hydrogens (tertiary/aromatic N) is 1. The molecule has 7 heteroatoms. The largest absolute Gasteiger partial charge is 0.491 e. The molecule has 0 saturated carbocycles. The summed E-state index contributed by atoms with van der Waals surface area (Å²) in [5.74, 6) is 2.33. The number of nitrogens with one attached hydrogen (secondary N) is 1. The van der Waals surface area contributed by atoms with Crippen LogP contribution in [0.5, 0.6) is 17.2 Å². The molecular formula is C29H38N2O5. The van der Waals surface area contributed by atoms with Crippen molar-refractivity contribution < 1.29 is 23.8 Å². The van der Waals surface area contributed by atoms with Crippen LogP contribution in [-0.4, -0.2) is 61.6 Å². The number of carbonyl (C=O) groups excluding carboxylic acids is 2. The summed E-state index contributed by atoms with van der Waals surface area (Å²) >= 11 is 0. The maximum atomic E-state index is 12.8. The van der Waals surface area contributed by atoms with Crippen LogP contribution in [0.2, 0.25) is 0 Å². The summed E-state index contributed by atoms with van der Waals surface area (Å²) in [6.45, 7) is 8.03. The average molecular weight is 495 g/mol. The molecule has 1 saturated heterocycles. The third-order valence-electron chi connectivity index (χ3n) is 6.49. The van der Waals surface area contributed by atoms with Crippen molar-refractivity contribution in [1.82, 2.24) is 10.2 Å². The van der Waals surface area contributed by atoms with E-state index in [1.54, 1.807) is 12.1 Å². The van der Waals surface area contributed by atoms with Crippen LogP contribution in [0.4, 0.5) is 0 Å². The Balaban J connectivity index is 1.28. The first-order valence-corrected chi connectivity index (χ1v) is 13.2. The summed E-state index contributed by atoms with van der Waals surface area (Å²) in [5, 5.41) is 3.23. The standard InChI is InChI=1S/C29H38N2O5/c1-21(2)36-25-11-9-23(10-12-25)26(32)6-5-7-29(33)30-24(20-31-14-3-4-15-31)18-22-8-13-27-28(19-22)35-17-16-34-27/h8-13,19,21,24H,3-7,14-18,20H2,1-2H3,(H,30,33). The fourth-order valence-electron chi connectivity index (χ4n) is 4.78. The molecule has 1 amide bonds. The van der Waals surface area contributed by atoms with Crippen molar-refractivity contribution in [3.05, 3.63) is 53.6 Å². The Labute approximate surface area is 214 Å². The second-order valence-corrected chi connectivity index (χ2v) is 9.92. The highest BCUT2D eigenvalue weighted by Crippen LogP contribution is 2.31. The molecule has 1 unspecified atom stereocenters. The van der Waals surface area contributed by atoms with Crippen LogP contribution in [-0.2, 0) is 11.2 Å². The van der Waals surface area contributed by atoms with Crippen LogP contribution in [0.25, 0.3) is 0 Å². The Morgan fingerprint density at radius 3 is 2.42 bits per heavy atom. The van der Waals surface area contributed by atoms with Crippen molar-refractivity contribution in [3.8, 4) is 17.2 Å². The lowest BCUT2D eigenvalue weighted by Gasteiger charge is -2.25. The Morgan fingerprint density at radius 2 is 1.69 bits per heavy atom. The molecule has 7 nitrogen and oxygen atoms in total. The zero-order valence-electron chi connectivity index (χ0n) is 21.5. The number of ether oxygens (including phenoxy) is 3. The van der Waals surface area contributed by atoms with E-state index in [0.29, 0.717) is 38.0 Å². The van der Waals surface area contributed by atoms with Gasteiger partial charge >= 0.3 is 0 Å². The van der Waals surface area contributed by atoms with Crippen molar-refractivity contribution in [2.24, 2.45) is 0 Å². The van der Waals surface area contributed by atoms with E-state index in [9.17, 15) is 9.59 Å². The minimum Gasteiger partial charge on any atom is -0.491 e. The predicted molar refractivity (Wildman–Crippen MR) is 139 cm³/mol. The molecule has 2 aromatic carbocycles. The van der Waals surface area contributed by atoms with Crippen LogP contribution in [0, 0.1) is 0 Å². The smallest absolute Gasteiger partial charge is 0.220 e. The fourth-order valence-corrected chi connectivity index (χ4v) is 4.78. The minimum absolute atomic E-state index is 0.00219. The van der Waals surface area contributed by atoms with E-state index in [0.717, 1.165) is 48.9 Å². The van der Waals surface area contributed by atoms with E-state index >= 15 is 0 Å². The lowest BCUT2D eigenvalue weighted by Crippen LogP contribution is -2.44. The minimum atomic E-state index is -0.00905. The van der Waals surface area contributed by atoms with E-state index < -0.39 is 0 Å². The quantitative estimate of drug-likeness (QED) is 0.440. The molecule has 2 heterocycles. The first-order chi connectivity index (χ1) is 17.5. The van der Waals surface area contributed by atoms with E-state index in [4.69, 9.17) is 14.2 Å². The number of carbonyl (C=O) groups is 2. The number of benzene rings is 2. The first kappa shape index (κ1) is 26.0. The number of fused-ring (bicyclic) bond motifs is 1. The summed E-state index contributed by atoms with van der Waals surface area (Å²) in [4.78, 5) is 27.8. The summed E-state index contributed by atoms with van der Waals surface area (Å²) in [5.41, 5.74) is 1.76. The Morgan fingerprint density at radius 1 is 0.972 bits per heavy atom. The maximum Gasteiger partial charge on any atom is 0.220 e. The molecule has 0 aromatic heterocycles. The summed E-state index contributed by atoms with van der Waals surface area (Å²) < 4.78 is 17.0. The lowest BCUT2D eigenvalue weighted by molar-refractivity contribution is -0.122. The van der Waals surface area contributed by atoms with Crippen LogP contribution < -0.4 is 19.5 Å². The number of hydrogen-bond acceptors (Lipinski definition) is 6. The number of Topliss-reactive ketones (excluding diaryl/α,β-unsaturated/α-hetero) is 1. The Kier molecular flexibility index (Phi) is 9.23. The maximum absolute atomic E-state index is 12.8. The van der Waals surface area contributed by atoms with Gasteiger partial charge in [0.15, 0.2) is 17.3 Å². The second-order valence-electron chi connectivity index (χ2n) is 9.92. The summed E-state index contributed by atoms with van der Waals surface area (Å²) in [6, 6.07) is 13.2. The lowest BCUT2D eigenvalue weighted by atomic mass is 10.0. The van der Waals surface area contributed by atoms with Gasteiger partial charge in [0.2, 0.25) is 5.91 Å². The van der Waals surface area contributed by atoms with Gasteiger partial charge in [0, 0.05) is 31.0 Å². The molecular weight excluding hydrogens is 456 g/mol. The fraction of sp³-hybridized carbons (Fsp3) is 0.517. The van der Waals surface area contributed by atoms with Crippen LogP contribution in [0.3, 0.4) is 0 Å². The Hall–Kier alpha value is -3.06. The SMILES string of the molecule is CC(C)Oc1ccc(C(=O)CCCC(=O)NC(Cc2ccc3c(c2)OCCO3)CN2CCCC2)cc1. The zero-order valence-corrected chi connectivity index (χ0v) is 21.5. The van der Waals surface area contributed by atoms with Gasteiger partial charge in [-0.3, -0.25) is 9.59 Å². The van der Waals surface area contributed by atoms with Gasteiger partial charge in [0.05, 0.1) is 6.10 Å². The number of amides is 1. The van der Waals surface area contributed by atoms with Crippen LogP contribution in [0.15, 0.2) is 42.5 Å². The molecule has 2 aromatic rings. The average Bonchev–Trinajstić information content (AvgIpc) is 3.37. The highest BCUT2D eigenvalue weighted by Gasteiger charge is 2.21. The monoisotopic (exact) mass is 494 g/mol. The molecule has 0 spiro atoms. The molecule has 1 fully saturated rings. The number of likely N-dealkylation sites (tertiary alicyclic amines) is 1. The molecule has 194 valence electrons. The zero-order chi connectivity index (χ0) is 25.3. The van der Waals surface area contributed by atoms with Gasteiger partial charge in [-0.25, -0.2) is 0 Å². The van der Waals surface area contributed by atoms with Crippen molar-refractivity contribution in [2.75, 3.05) is 32.8 Å². The molecule has 2 aliphatic heterocycles. The molecule has 2 aliphatic rings. The van der Waals surface area contributed by atoms with Gasteiger partial charge < -0.3 is 24.4 Å². The van der Waals surface area contributed by atoms with E-state index in [-0.39, 0.29) is 23.8 Å².